The van der Waals surface area contributed by atoms with Crippen LogP contribution in [0.4, 0.5) is 14.6 Å². The van der Waals surface area contributed by atoms with Gasteiger partial charge in [-0.15, -0.1) is 0 Å². The third-order valence-corrected chi connectivity index (χ3v) is 5.61. The van der Waals surface area contributed by atoms with Crippen molar-refractivity contribution in [1.82, 2.24) is 24.9 Å². The number of nitrogens with zero attached hydrogens (tertiary/aromatic N) is 5. The highest BCUT2D eigenvalue weighted by molar-refractivity contribution is 7.98. The number of nitrogens with one attached hydrogen (secondary N) is 1. The molecule has 2 N–H and O–H groups in total. The molecule has 0 aliphatic heterocycles. The topological polar surface area (TPSA) is 102 Å². The maximum Gasteiger partial charge on any atom is 0.183 e. The molecular formula is C22H22F2N6O2S. The average Bonchev–Trinajstić information content (AvgIpc) is 3.49. The van der Waals surface area contributed by atoms with Gasteiger partial charge in [0.2, 0.25) is 0 Å². The van der Waals surface area contributed by atoms with Crippen molar-refractivity contribution in [3.05, 3.63) is 66.1 Å². The lowest BCUT2D eigenvalue weighted by Gasteiger charge is -2.16. The molecule has 0 saturated heterocycles. The fourth-order valence-electron chi connectivity index (χ4n) is 3.24. The molecule has 0 saturated carbocycles. The monoisotopic (exact) mass is 472 g/mol. The Balaban J connectivity index is 1.68. The van der Waals surface area contributed by atoms with Gasteiger partial charge in [-0.2, -0.15) is 16.9 Å². The molecule has 3 aromatic heterocycles. The number of hydrogen-bond donors (Lipinski definition) is 2. The van der Waals surface area contributed by atoms with Crippen molar-refractivity contribution in [3.8, 4) is 22.9 Å². The molecule has 0 bridgehead atoms. The van der Waals surface area contributed by atoms with Crippen molar-refractivity contribution in [1.29, 1.82) is 0 Å². The van der Waals surface area contributed by atoms with E-state index in [2.05, 4.69) is 25.5 Å². The van der Waals surface area contributed by atoms with E-state index in [4.69, 9.17) is 4.52 Å². The van der Waals surface area contributed by atoms with Crippen LogP contribution in [0.3, 0.4) is 0 Å². The summed E-state index contributed by atoms with van der Waals surface area (Å²) in [6.07, 6.45) is 5.08. The molecule has 1 atom stereocenters. The van der Waals surface area contributed by atoms with E-state index in [9.17, 15) is 13.9 Å². The molecule has 4 aromatic rings. The van der Waals surface area contributed by atoms with E-state index in [0.717, 1.165) is 11.9 Å². The SMILES string of the molecule is CSCC[C@H](CO)Nc1nc(-c2cc(-c3ccon3)n(Cc3ccccc3F)n2)ncc1F. The first-order chi connectivity index (χ1) is 16.1. The number of hydrogen-bond acceptors (Lipinski definition) is 8. The van der Waals surface area contributed by atoms with Gasteiger partial charge in [-0.05, 0) is 30.6 Å². The van der Waals surface area contributed by atoms with Crippen LogP contribution in [0.25, 0.3) is 22.9 Å². The van der Waals surface area contributed by atoms with E-state index in [1.165, 1.54) is 12.3 Å². The maximum atomic E-state index is 14.4. The summed E-state index contributed by atoms with van der Waals surface area (Å²) in [6, 6.07) is 9.41. The summed E-state index contributed by atoms with van der Waals surface area (Å²) in [4.78, 5) is 8.37. The highest BCUT2D eigenvalue weighted by Gasteiger charge is 2.19. The molecule has 3 heterocycles. The number of anilines is 1. The first-order valence-electron chi connectivity index (χ1n) is 10.2. The Labute approximate surface area is 193 Å². The van der Waals surface area contributed by atoms with Crippen LogP contribution in [0, 0.1) is 11.6 Å². The van der Waals surface area contributed by atoms with Gasteiger partial charge in [0, 0.05) is 11.6 Å². The van der Waals surface area contributed by atoms with Crippen molar-refractivity contribution < 1.29 is 18.4 Å². The van der Waals surface area contributed by atoms with Crippen molar-refractivity contribution in [2.75, 3.05) is 23.9 Å². The van der Waals surface area contributed by atoms with E-state index < -0.39 is 5.82 Å². The zero-order valence-corrected chi connectivity index (χ0v) is 18.6. The molecule has 11 heteroatoms. The van der Waals surface area contributed by atoms with Crippen LogP contribution in [0.1, 0.15) is 12.0 Å². The van der Waals surface area contributed by atoms with Crippen molar-refractivity contribution >= 4 is 17.6 Å². The Morgan fingerprint density at radius 1 is 1.18 bits per heavy atom. The molecule has 33 heavy (non-hydrogen) atoms. The third kappa shape index (κ3) is 5.37. The molecule has 0 aliphatic rings. The van der Waals surface area contributed by atoms with Crippen molar-refractivity contribution in [3.63, 3.8) is 0 Å². The van der Waals surface area contributed by atoms with Gasteiger partial charge in [-0.3, -0.25) is 4.68 Å². The van der Waals surface area contributed by atoms with Crippen LogP contribution >= 0.6 is 11.8 Å². The average molecular weight is 473 g/mol. The minimum absolute atomic E-state index is 0.0215. The van der Waals surface area contributed by atoms with E-state index in [1.807, 2.05) is 6.26 Å². The summed E-state index contributed by atoms with van der Waals surface area (Å²) < 4.78 is 35.2. The number of aliphatic hydroxyl groups is 1. The largest absolute Gasteiger partial charge is 0.394 e. The number of halogens is 2. The van der Waals surface area contributed by atoms with Gasteiger partial charge in [-0.1, -0.05) is 23.4 Å². The van der Waals surface area contributed by atoms with Gasteiger partial charge in [0.1, 0.15) is 23.5 Å². The number of aromatic nitrogens is 5. The number of rotatable bonds is 10. The molecule has 8 nitrogen and oxygen atoms in total. The Hall–Kier alpha value is -3.31. The first-order valence-corrected chi connectivity index (χ1v) is 11.6. The van der Waals surface area contributed by atoms with Gasteiger partial charge < -0.3 is 14.9 Å². The number of aliphatic hydroxyl groups excluding tert-OH is 1. The Bertz CT molecular complexity index is 1200. The zero-order chi connectivity index (χ0) is 23.2. The van der Waals surface area contributed by atoms with Gasteiger partial charge in [0.05, 0.1) is 31.1 Å². The Morgan fingerprint density at radius 2 is 2.03 bits per heavy atom. The summed E-state index contributed by atoms with van der Waals surface area (Å²) in [7, 11) is 0. The predicted molar refractivity (Wildman–Crippen MR) is 122 cm³/mol. The van der Waals surface area contributed by atoms with E-state index >= 15 is 0 Å². The van der Waals surface area contributed by atoms with Crippen LogP contribution in [-0.4, -0.2) is 54.7 Å². The number of thioether (sulfide) groups is 1. The molecule has 0 unspecified atom stereocenters. The molecule has 0 amide bonds. The lowest BCUT2D eigenvalue weighted by molar-refractivity contribution is 0.272. The second-order valence-corrected chi connectivity index (χ2v) is 8.23. The molecular weight excluding hydrogens is 450 g/mol. The second-order valence-electron chi connectivity index (χ2n) is 7.24. The normalized spacial score (nSPS) is 12.1. The lowest BCUT2D eigenvalue weighted by atomic mass is 10.2. The maximum absolute atomic E-state index is 14.4. The quantitative estimate of drug-likeness (QED) is 0.359. The van der Waals surface area contributed by atoms with Crippen LogP contribution in [0.15, 0.2) is 53.4 Å². The summed E-state index contributed by atoms with van der Waals surface area (Å²) in [5.74, 6) is -0.0298. The van der Waals surface area contributed by atoms with Gasteiger partial charge in [0.15, 0.2) is 17.5 Å². The summed E-state index contributed by atoms with van der Waals surface area (Å²) >= 11 is 1.63. The lowest BCUT2D eigenvalue weighted by Crippen LogP contribution is -2.26. The van der Waals surface area contributed by atoms with Crippen molar-refractivity contribution in [2.45, 2.75) is 19.0 Å². The third-order valence-electron chi connectivity index (χ3n) is 4.96. The van der Waals surface area contributed by atoms with Crippen LogP contribution in [0.2, 0.25) is 0 Å². The predicted octanol–water partition coefficient (Wildman–Crippen LogP) is 3.85. The molecule has 0 fully saturated rings. The molecule has 0 radical (unpaired) electrons. The van der Waals surface area contributed by atoms with Crippen LogP contribution < -0.4 is 5.32 Å². The molecule has 172 valence electrons. The fraction of sp³-hybridized carbons (Fsp3) is 0.273. The minimum atomic E-state index is -0.635. The highest BCUT2D eigenvalue weighted by Crippen LogP contribution is 2.26. The Morgan fingerprint density at radius 3 is 2.76 bits per heavy atom. The minimum Gasteiger partial charge on any atom is -0.394 e. The Kier molecular flexibility index (Phi) is 7.30. The number of benzene rings is 1. The molecule has 4 rings (SSSR count). The smallest absolute Gasteiger partial charge is 0.183 e. The fourth-order valence-corrected chi connectivity index (χ4v) is 3.76. The molecule has 1 aromatic carbocycles. The van der Waals surface area contributed by atoms with Gasteiger partial charge in [0.25, 0.3) is 0 Å². The van der Waals surface area contributed by atoms with E-state index in [1.54, 1.807) is 46.8 Å². The van der Waals surface area contributed by atoms with Crippen molar-refractivity contribution in [2.24, 2.45) is 0 Å². The van der Waals surface area contributed by atoms with E-state index in [0.29, 0.717) is 29.1 Å². The van der Waals surface area contributed by atoms with Gasteiger partial charge in [-0.25, -0.2) is 18.7 Å². The summed E-state index contributed by atoms with van der Waals surface area (Å²) in [5, 5.41) is 21.0. The second kappa shape index (κ2) is 10.5. The van der Waals surface area contributed by atoms with Crippen LogP contribution in [-0.2, 0) is 6.54 Å². The zero-order valence-electron chi connectivity index (χ0n) is 17.8. The van der Waals surface area contributed by atoms with E-state index in [-0.39, 0.29) is 36.7 Å². The summed E-state index contributed by atoms with van der Waals surface area (Å²) in [5.41, 5.74) is 1.87. The van der Waals surface area contributed by atoms with Gasteiger partial charge >= 0.3 is 0 Å². The summed E-state index contributed by atoms with van der Waals surface area (Å²) in [6.45, 7) is -0.0185. The van der Waals surface area contributed by atoms with Crippen LogP contribution in [0.5, 0.6) is 0 Å². The first kappa shape index (κ1) is 22.9. The standard InChI is InChI=1S/C22H22F2N6O2S/c1-33-9-7-15(13-31)26-21-17(24)11-25-22(27-21)19-10-20(18-6-8-32-29-18)30(28-19)12-14-4-2-3-5-16(14)23/h2-6,8,10-11,15,31H,7,9,12-13H2,1H3,(H,25,26,27)/t15-/m1/s1. The molecule has 0 aliphatic carbocycles. The molecule has 0 spiro atoms. The highest BCUT2D eigenvalue weighted by atomic mass is 32.2.